The van der Waals surface area contributed by atoms with Crippen LogP contribution in [-0.4, -0.2) is 46.7 Å². The highest BCUT2D eigenvalue weighted by Crippen LogP contribution is 2.21. The number of ether oxygens (including phenoxy) is 2. The van der Waals surface area contributed by atoms with Gasteiger partial charge in [-0.2, -0.15) is 4.72 Å². The van der Waals surface area contributed by atoms with Crippen LogP contribution in [0.15, 0.2) is 23.1 Å². The first kappa shape index (κ1) is 18.7. The van der Waals surface area contributed by atoms with Crippen molar-refractivity contribution in [1.29, 1.82) is 0 Å². The standard InChI is InChI=1S/C16H24N2O5S/c1-11-9-14(6-7-15(11)22-3)24(20,21)18-12(2)16(19)17-10-13-5-4-8-23-13/h6-7,9,12-13,18H,4-5,8,10H2,1-3H3,(H,17,19)/t12-,13+/m1/s1. The minimum atomic E-state index is -3.79. The number of sulfonamides is 1. The first-order valence-electron chi connectivity index (χ1n) is 7.90. The van der Waals surface area contributed by atoms with E-state index >= 15 is 0 Å². The van der Waals surface area contributed by atoms with Crippen molar-refractivity contribution in [3.05, 3.63) is 23.8 Å². The average molecular weight is 356 g/mol. The smallest absolute Gasteiger partial charge is 0.241 e. The second-order valence-corrected chi connectivity index (χ2v) is 7.57. The van der Waals surface area contributed by atoms with Crippen molar-refractivity contribution in [2.45, 2.75) is 43.7 Å². The second kappa shape index (κ2) is 7.96. The van der Waals surface area contributed by atoms with Crippen molar-refractivity contribution in [3.63, 3.8) is 0 Å². The molecule has 1 aromatic rings. The topological polar surface area (TPSA) is 93.7 Å². The van der Waals surface area contributed by atoms with Crippen molar-refractivity contribution in [2.75, 3.05) is 20.3 Å². The minimum Gasteiger partial charge on any atom is -0.496 e. The molecule has 1 aromatic carbocycles. The van der Waals surface area contributed by atoms with Crippen molar-refractivity contribution in [2.24, 2.45) is 0 Å². The minimum absolute atomic E-state index is 0.0157. The summed E-state index contributed by atoms with van der Waals surface area (Å²) in [5.41, 5.74) is 0.705. The van der Waals surface area contributed by atoms with Gasteiger partial charge >= 0.3 is 0 Å². The van der Waals surface area contributed by atoms with E-state index in [1.54, 1.807) is 13.0 Å². The SMILES string of the molecule is COc1ccc(S(=O)(=O)N[C@H](C)C(=O)NC[C@@H]2CCCO2)cc1C. The number of carbonyl (C=O) groups is 1. The van der Waals surface area contributed by atoms with E-state index in [0.29, 0.717) is 24.5 Å². The number of rotatable bonds is 7. The zero-order chi connectivity index (χ0) is 17.7. The Hall–Kier alpha value is -1.64. The molecule has 0 spiro atoms. The zero-order valence-corrected chi connectivity index (χ0v) is 15.0. The lowest BCUT2D eigenvalue weighted by Crippen LogP contribution is -2.46. The largest absolute Gasteiger partial charge is 0.496 e. The lowest BCUT2D eigenvalue weighted by atomic mass is 10.2. The fourth-order valence-electron chi connectivity index (χ4n) is 2.55. The van der Waals surface area contributed by atoms with Crippen LogP contribution in [0.4, 0.5) is 0 Å². The van der Waals surface area contributed by atoms with E-state index in [2.05, 4.69) is 10.0 Å². The molecule has 0 aliphatic carbocycles. The molecule has 1 aliphatic heterocycles. The molecule has 0 aromatic heterocycles. The Bertz CT molecular complexity index is 684. The number of carbonyl (C=O) groups excluding carboxylic acids is 1. The molecule has 0 radical (unpaired) electrons. The summed E-state index contributed by atoms with van der Waals surface area (Å²) in [6.45, 7) is 4.38. The molecule has 1 aliphatic rings. The van der Waals surface area contributed by atoms with Crippen LogP contribution in [0.2, 0.25) is 0 Å². The summed E-state index contributed by atoms with van der Waals surface area (Å²) in [7, 11) is -2.26. The Balaban J connectivity index is 1.96. The van der Waals surface area contributed by atoms with Crippen LogP contribution in [0.3, 0.4) is 0 Å². The van der Waals surface area contributed by atoms with Gasteiger partial charge in [0.05, 0.1) is 24.2 Å². The summed E-state index contributed by atoms with van der Waals surface area (Å²) in [6.07, 6.45) is 1.91. The van der Waals surface area contributed by atoms with Crippen LogP contribution >= 0.6 is 0 Å². The van der Waals surface area contributed by atoms with Crippen LogP contribution in [0.25, 0.3) is 0 Å². The number of hydrogen-bond donors (Lipinski definition) is 2. The second-order valence-electron chi connectivity index (χ2n) is 5.85. The van der Waals surface area contributed by atoms with Crippen molar-refractivity contribution >= 4 is 15.9 Å². The number of amides is 1. The summed E-state index contributed by atoms with van der Waals surface area (Å²) in [6, 6.07) is 3.67. The van der Waals surface area contributed by atoms with Crippen molar-refractivity contribution in [3.8, 4) is 5.75 Å². The summed E-state index contributed by atoms with van der Waals surface area (Å²) < 4.78 is 37.7. The Labute approximate surface area is 142 Å². The molecule has 134 valence electrons. The third-order valence-electron chi connectivity index (χ3n) is 3.93. The number of benzene rings is 1. The van der Waals surface area contributed by atoms with Crippen LogP contribution in [0.5, 0.6) is 5.75 Å². The fraction of sp³-hybridized carbons (Fsp3) is 0.562. The average Bonchev–Trinajstić information content (AvgIpc) is 3.05. The van der Waals surface area contributed by atoms with Gasteiger partial charge in [0.15, 0.2) is 0 Å². The lowest BCUT2D eigenvalue weighted by molar-refractivity contribution is -0.122. The van der Waals surface area contributed by atoms with Gasteiger partial charge in [0.25, 0.3) is 0 Å². The molecule has 0 bridgehead atoms. The Morgan fingerprint density at radius 2 is 2.21 bits per heavy atom. The monoisotopic (exact) mass is 356 g/mol. The van der Waals surface area contributed by atoms with Crippen LogP contribution in [-0.2, 0) is 19.6 Å². The van der Waals surface area contributed by atoms with Gasteiger partial charge in [-0.05, 0) is 50.5 Å². The zero-order valence-electron chi connectivity index (χ0n) is 14.2. The van der Waals surface area contributed by atoms with Gasteiger partial charge in [-0.25, -0.2) is 8.42 Å². The van der Waals surface area contributed by atoms with E-state index in [-0.39, 0.29) is 16.9 Å². The van der Waals surface area contributed by atoms with Crippen molar-refractivity contribution < 1.29 is 22.7 Å². The van der Waals surface area contributed by atoms with Crippen LogP contribution in [0.1, 0.15) is 25.3 Å². The van der Waals surface area contributed by atoms with Gasteiger partial charge in [-0.1, -0.05) is 0 Å². The lowest BCUT2D eigenvalue weighted by Gasteiger charge is -2.17. The van der Waals surface area contributed by atoms with Gasteiger partial charge in [-0.3, -0.25) is 4.79 Å². The molecular weight excluding hydrogens is 332 g/mol. The number of hydrogen-bond acceptors (Lipinski definition) is 5. The highest BCUT2D eigenvalue weighted by molar-refractivity contribution is 7.89. The van der Waals surface area contributed by atoms with Gasteiger partial charge in [0, 0.05) is 13.2 Å². The summed E-state index contributed by atoms with van der Waals surface area (Å²) in [5, 5.41) is 2.72. The van der Waals surface area contributed by atoms with E-state index < -0.39 is 16.1 Å². The predicted molar refractivity (Wildman–Crippen MR) is 89.5 cm³/mol. The Morgan fingerprint density at radius 1 is 1.46 bits per heavy atom. The molecular formula is C16H24N2O5S. The maximum absolute atomic E-state index is 12.4. The Morgan fingerprint density at radius 3 is 2.79 bits per heavy atom. The third kappa shape index (κ3) is 4.68. The molecule has 0 saturated carbocycles. The highest BCUT2D eigenvalue weighted by Gasteiger charge is 2.24. The van der Waals surface area contributed by atoms with E-state index in [1.807, 2.05) is 0 Å². The molecule has 1 heterocycles. The van der Waals surface area contributed by atoms with Crippen LogP contribution in [0, 0.1) is 6.92 Å². The number of aryl methyl sites for hydroxylation is 1. The van der Waals surface area contributed by atoms with Crippen LogP contribution < -0.4 is 14.8 Å². The molecule has 24 heavy (non-hydrogen) atoms. The summed E-state index contributed by atoms with van der Waals surface area (Å²) >= 11 is 0. The normalized spacial score (nSPS) is 19.0. The first-order valence-corrected chi connectivity index (χ1v) is 9.38. The van der Waals surface area contributed by atoms with E-state index in [9.17, 15) is 13.2 Å². The fourth-order valence-corrected chi connectivity index (χ4v) is 3.83. The maximum atomic E-state index is 12.4. The van der Waals surface area contributed by atoms with Gasteiger partial charge in [0.1, 0.15) is 5.75 Å². The van der Waals surface area contributed by atoms with Gasteiger partial charge in [-0.15, -0.1) is 0 Å². The molecule has 2 rings (SSSR count). The summed E-state index contributed by atoms with van der Waals surface area (Å²) in [4.78, 5) is 12.2. The van der Waals surface area contributed by atoms with E-state index in [0.717, 1.165) is 12.8 Å². The first-order chi connectivity index (χ1) is 11.3. The molecule has 7 nitrogen and oxygen atoms in total. The molecule has 1 saturated heterocycles. The molecule has 1 fully saturated rings. The molecule has 8 heteroatoms. The summed E-state index contributed by atoms with van der Waals surface area (Å²) in [5.74, 6) is 0.232. The highest BCUT2D eigenvalue weighted by atomic mass is 32.2. The molecule has 0 unspecified atom stereocenters. The maximum Gasteiger partial charge on any atom is 0.241 e. The van der Waals surface area contributed by atoms with E-state index in [4.69, 9.17) is 9.47 Å². The van der Waals surface area contributed by atoms with Crippen molar-refractivity contribution in [1.82, 2.24) is 10.0 Å². The van der Waals surface area contributed by atoms with Gasteiger partial charge in [0.2, 0.25) is 15.9 Å². The number of nitrogens with one attached hydrogen (secondary N) is 2. The number of methoxy groups -OCH3 is 1. The predicted octanol–water partition coefficient (Wildman–Crippen LogP) is 0.966. The van der Waals surface area contributed by atoms with Gasteiger partial charge < -0.3 is 14.8 Å². The van der Waals surface area contributed by atoms with E-state index in [1.165, 1.54) is 26.2 Å². The molecule has 2 N–H and O–H groups in total. The third-order valence-corrected chi connectivity index (χ3v) is 5.47. The molecule has 1 amide bonds. The quantitative estimate of drug-likeness (QED) is 0.759. The molecule has 2 atom stereocenters. The Kier molecular flexibility index (Phi) is 6.20.